The van der Waals surface area contributed by atoms with Gasteiger partial charge in [0.1, 0.15) is 12.4 Å². The number of rotatable bonds is 5. The highest BCUT2D eigenvalue weighted by Crippen LogP contribution is 2.30. The molecule has 0 unspecified atom stereocenters. The maximum absolute atomic E-state index is 13.2. The van der Waals surface area contributed by atoms with Crippen LogP contribution in [-0.4, -0.2) is 37.0 Å². The SMILES string of the molecule is COc1ccccc1N(CN1CCCC1=O)C(=O)c1cccc(Br)c1. The maximum atomic E-state index is 13.2. The lowest BCUT2D eigenvalue weighted by atomic mass is 10.2. The molecule has 2 aromatic carbocycles. The van der Waals surface area contributed by atoms with Crippen molar-refractivity contribution in [3.63, 3.8) is 0 Å². The van der Waals surface area contributed by atoms with E-state index in [1.807, 2.05) is 36.4 Å². The summed E-state index contributed by atoms with van der Waals surface area (Å²) in [6.07, 6.45) is 1.36. The lowest BCUT2D eigenvalue weighted by Gasteiger charge is -2.29. The van der Waals surface area contributed by atoms with Gasteiger partial charge in [-0.25, -0.2) is 0 Å². The predicted octanol–water partition coefficient (Wildman–Crippen LogP) is 3.68. The molecule has 0 bridgehead atoms. The zero-order chi connectivity index (χ0) is 17.8. The van der Waals surface area contributed by atoms with Gasteiger partial charge < -0.3 is 9.64 Å². The van der Waals surface area contributed by atoms with Crippen LogP contribution in [0, 0.1) is 0 Å². The van der Waals surface area contributed by atoms with E-state index in [9.17, 15) is 9.59 Å². The van der Waals surface area contributed by atoms with Crippen LogP contribution in [0.5, 0.6) is 5.75 Å². The van der Waals surface area contributed by atoms with E-state index < -0.39 is 0 Å². The van der Waals surface area contributed by atoms with Crippen molar-refractivity contribution in [2.75, 3.05) is 25.2 Å². The Morgan fingerprint density at radius 2 is 2.04 bits per heavy atom. The lowest BCUT2D eigenvalue weighted by molar-refractivity contribution is -0.127. The average Bonchev–Trinajstić information content (AvgIpc) is 3.04. The molecule has 2 aromatic rings. The molecule has 1 aliphatic heterocycles. The third kappa shape index (κ3) is 3.85. The number of halogens is 1. The summed E-state index contributed by atoms with van der Waals surface area (Å²) in [5.41, 5.74) is 1.20. The molecule has 0 aromatic heterocycles. The molecule has 2 amide bonds. The van der Waals surface area contributed by atoms with E-state index >= 15 is 0 Å². The standard InChI is InChI=1S/C19H19BrN2O3/c1-25-17-9-3-2-8-16(17)22(13-21-11-5-10-18(21)23)19(24)14-6-4-7-15(20)12-14/h2-4,6-9,12H,5,10-11,13H2,1H3. The third-order valence-corrected chi connectivity index (χ3v) is 4.67. The number of hydrogen-bond donors (Lipinski definition) is 0. The number of carbonyl (C=O) groups is 2. The van der Waals surface area contributed by atoms with E-state index in [1.165, 1.54) is 0 Å². The fourth-order valence-electron chi connectivity index (χ4n) is 2.90. The van der Waals surface area contributed by atoms with E-state index in [4.69, 9.17) is 4.74 Å². The first-order valence-corrected chi connectivity index (χ1v) is 8.87. The Kier molecular flexibility index (Phi) is 5.38. The highest BCUT2D eigenvalue weighted by molar-refractivity contribution is 9.10. The van der Waals surface area contributed by atoms with Crippen LogP contribution in [-0.2, 0) is 4.79 Å². The van der Waals surface area contributed by atoms with Gasteiger partial charge in [-0.05, 0) is 36.8 Å². The average molecular weight is 403 g/mol. The molecule has 3 rings (SSSR count). The summed E-state index contributed by atoms with van der Waals surface area (Å²) >= 11 is 3.40. The van der Waals surface area contributed by atoms with Gasteiger partial charge in [-0.2, -0.15) is 0 Å². The summed E-state index contributed by atoms with van der Waals surface area (Å²) < 4.78 is 6.25. The molecule has 1 fully saturated rings. The van der Waals surface area contributed by atoms with Crippen LogP contribution in [0.4, 0.5) is 5.69 Å². The molecule has 0 saturated carbocycles. The van der Waals surface area contributed by atoms with Gasteiger partial charge in [-0.15, -0.1) is 0 Å². The number of para-hydroxylation sites is 2. The highest BCUT2D eigenvalue weighted by Gasteiger charge is 2.27. The molecule has 5 nitrogen and oxygen atoms in total. The van der Waals surface area contributed by atoms with E-state index in [0.29, 0.717) is 30.0 Å². The first kappa shape index (κ1) is 17.5. The normalized spacial score (nSPS) is 13.8. The summed E-state index contributed by atoms with van der Waals surface area (Å²) in [7, 11) is 1.57. The number of amides is 2. The second-order valence-corrected chi connectivity index (χ2v) is 6.73. The van der Waals surface area contributed by atoms with Crippen LogP contribution >= 0.6 is 15.9 Å². The number of ether oxygens (including phenoxy) is 1. The Morgan fingerprint density at radius 1 is 1.24 bits per heavy atom. The van der Waals surface area contributed by atoms with Gasteiger partial charge in [-0.3, -0.25) is 14.5 Å². The van der Waals surface area contributed by atoms with E-state index in [-0.39, 0.29) is 18.5 Å². The van der Waals surface area contributed by atoms with Gasteiger partial charge in [0, 0.05) is 23.0 Å². The first-order chi connectivity index (χ1) is 12.1. The molecule has 1 aliphatic rings. The van der Waals surface area contributed by atoms with Crippen LogP contribution in [0.3, 0.4) is 0 Å². The molecule has 6 heteroatoms. The summed E-state index contributed by atoms with van der Waals surface area (Å²) in [6.45, 7) is 0.876. The van der Waals surface area contributed by atoms with Crippen LogP contribution in [0.1, 0.15) is 23.2 Å². The Bertz CT molecular complexity index is 794. The van der Waals surface area contributed by atoms with Crippen molar-refractivity contribution in [2.24, 2.45) is 0 Å². The summed E-state index contributed by atoms with van der Waals surface area (Å²) in [4.78, 5) is 28.5. The van der Waals surface area contributed by atoms with Gasteiger partial charge >= 0.3 is 0 Å². The quantitative estimate of drug-likeness (QED) is 0.766. The zero-order valence-electron chi connectivity index (χ0n) is 13.9. The topological polar surface area (TPSA) is 49.9 Å². The summed E-state index contributed by atoms with van der Waals surface area (Å²) in [6, 6.07) is 14.6. The van der Waals surface area contributed by atoms with Gasteiger partial charge in [0.2, 0.25) is 5.91 Å². The predicted molar refractivity (Wildman–Crippen MR) is 99.8 cm³/mol. The van der Waals surface area contributed by atoms with Crippen molar-refractivity contribution in [1.82, 2.24) is 4.90 Å². The molecule has 1 heterocycles. The van der Waals surface area contributed by atoms with E-state index in [1.54, 1.807) is 29.0 Å². The molecule has 130 valence electrons. The Balaban J connectivity index is 1.99. The minimum absolute atomic E-state index is 0.0712. The largest absolute Gasteiger partial charge is 0.495 e. The molecule has 0 aliphatic carbocycles. The van der Waals surface area contributed by atoms with Crippen LogP contribution in [0.2, 0.25) is 0 Å². The first-order valence-electron chi connectivity index (χ1n) is 8.08. The zero-order valence-corrected chi connectivity index (χ0v) is 15.5. The Labute approximate surface area is 155 Å². The lowest BCUT2D eigenvalue weighted by Crippen LogP contribution is -2.42. The number of likely N-dealkylation sites (tertiary alicyclic amines) is 1. The molecule has 1 saturated heterocycles. The third-order valence-electron chi connectivity index (χ3n) is 4.18. The Morgan fingerprint density at radius 3 is 2.72 bits per heavy atom. The maximum Gasteiger partial charge on any atom is 0.259 e. The number of anilines is 1. The van der Waals surface area contributed by atoms with Crippen LogP contribution < -0.4 is 9.64 Å². The smallest absolute Gasteiger partial charge is 0.259 e. The Hall–Kier alpha value is -2.34. The van der Waals surface area contributed by atoms with Crippen molar-refractivity contribution >= 4 is 33.4 Å². The number of benzene rings is 2. The van der Waals surface area contributed by atoms with Crippen molar-refractivity contribution in [2.45, 2.75) is 12.8 Å². The van der Waals surface area contributed by atoms with Gasteiger partial charge in [0.05, 0.1) is 12.8 Å². The minimum Gasteiger partial charge on any atom is -0.495 e. The van der Waals surface area contributed by atoms with Crippen molar-refractivity contribution in [3.05, 3.63) is 58.6 Å². The van der Waals surface area contributed by atoms with Gasteiger partial charge in [0.15, 0.2) is 0 Å². The molecular formula is C19H19BrN2O3. The molecular weight excluding hydrogens is 384 g/mol. The van der Waals surface area contributed by atoms with E-state index in [0.717, 1.165) is 10.9 Å². The van der Waals surface area contributed by atoms with Gasteiger partial charge in [-0.1, -0.05) is 34.1 Å². The second kappa shape index (κ2) is 7.70. The second-order valence-electron chi connectivity index (χ2n) is 5.82. The van der Waals surface area contributed by atoms with Gasteiger partial charge in [0.25, 0.3) is 5.91 Å². The molecule has 0 spiro atoms. The summed E-state index contributed by atoms with van der Waals surface area (Å²) in [5.74, 6) is 0.491. The van der Waals surface area contributed by atoms with Crippen LogP contribution in [0.25, 0.3) is 0 Å². The van der Waals surface area contributed by atoms with E-state index in [2.05, 4.69) is 15.9 Å². The number of hydrogen-bond acceptors (Lipinski definition) is 3. The summed E-state index contributed by atoms with van der Waals surface area (Å²) in [5, 5.41) is 0. The number of methoxy groups -OCH3 is 1. The van der Waals surface area contributed by atoms with Crippen molar-refractivity contribution in [1.29, 1.82) is 0 Å². The fraction of sp³-hybridized carbons (Fsp3) is 0.263. The minimum atomic E-state index is -0.175. The van der Waals surface area contributed by atoms with Crippen molar-refractivity contribution < 1.29 is 14.3 Å². The number of nitrogens with zero attached hydrogens (tertiary/aromatic N) is 2. The van der Waals surface area contributed by atoms with Crippen molar-refractivity contribution in [3.8, 4) is 5.75 Å². The highest BCUT2D eigenvalue weighted by atomic mass is 79.9. The molecule has 0 atom stereocenters. The van der Waals surface area contributed by atoms with Crippen LogP contribution in [0.15, 0.2) is 53.0 Å². The molecule has 0 N–H and O–H groups in total. The molecule has 25 heavy (non-hydrogen) atoms. The number of carbonyl (C=O) groups excluding carboxylic acids is 2. The monoisotopic (exact) mass is 402 g/mol. The fourth-order valence-corrected chi connectivity index (χ4v) is 3.30. The molecule has 0 radical (unpaired) electrons.